The molecule has 9 heteroatoms. The van der Waals surface area contributed by atoms with E-state index in [9.17, 15) is 0 Å². The van der Waals surface area contributed by atoms with Crippen molar-refractivity contribution >= 4 is 29.9 Å². The molecule has 0 aliphatic heterocycles. The second-order valence-electron chi connectivity index (χ2n) is 6.53. The number of aromatic nitrogens is 3. The third-order valence-electron chi connectivity index (χ3n) is 3.68. The number of nitrogens with one attached hydrogen (secondary N) is 2. The van der Waals surface area contributed by atoms with Crippen molar-refractivity contribution in [1.29, 1.82) is 0 Å². The first-order valence-corrected chi connectivity index (χ1v) is 8.72. The topological polar surface area (TPSA) is 101 Å². The van der Waals surface area contributed by atoms with Gasteiger partial charge in [-0.1, -0.05) is 38.0 Å². The molecule has 0 amide bonds. The van der Waals surface area contributed by atoms with E-state index >= 15 is 0 Å². The Morgan fingerprint density at radius 2 is 1.88 bits per heavy atom. The van der Waals surface area contributed by atoms with Crippen LogP contribution < -0.4 is 10.6 Å². The lowest BCUT2D eigenvalue weighted by Crippen LogP contribution is -2.37. The van der Waals surface area contributed by atoms with Gasteiger partial charge in [-0.25, -0.2) is 0 Å². The molecule has 0 aromatic carbocycles. The number of aliphatic imine (C=N–C) groups is 1. The van der Waals surface area contributed by atoms with Gasteiger partial charge in [0.2, 0.25) is 5.89 Å². The number of rotatable bonds is 8. The second-order valence-corrected chi connectivity index (χ2v) is 6.53. The Kier molecular flexibility index (Phi) is 9.60. The molecule has 2 aromatic heterocycles. The fourth-order valence-corrected chi connectivity index (χ4v) is 2.13. The monoisotopic (exact) mass is 476 g/mol. The highest BCUT2D eigenvalue weighted by Crippen LogP contribution is 2.13. The molecule has 8 nitrogen and oxygen atoms in total. The van der Waals surface area contributed by atoms with Crippen LogP contribution >= 0.6 is 24.0 Å². The van der Waals surface area contributed by atoms with Crippen molar-refractivity contribution in [2.75, 3.05) is 13.6 Å². The Bertz CT molecular complexity index is 680. The largest absolute Gasteiger partial charge is 0.359 e. The van der Waals surface area contributed by atoms with Gasteiger partial charge in [0.05, 0.1) is 12.2 Å². The van der Waals surface area contributed by atoms with Crippen LogP contribution in [0.15, 0.2) is 20.1 Å². The van der Waals surface area contributed by atoms with E-state index in [-0.39, 0.29) is 29.9 Å². The molecule has 0 unspecified atom stereocenters. The standard InChI is InChI=1S/C17H28N6O2.HI/c1-11(2)14-9-13(24-22-14)10-20-17(18-5)19-8-6-7-15-21-16(12(3)4)23-25-15;/h9,11-12H,6-8,10H2,1-5H3,(H2,18,19,20);1H. The Morgan fingerprint density at radius 3 is 2.46 bits per heavy atom. The molecule has 0 fully saturated rings. The molecular formula is C17H29IN6O2. The summed E-state index contributed by atoms with van der Waals surface area (Å²) in [5.74, 6) is 3.58. The van der Waals surface area contributed by atoms with Gasteiger partial charge in [0, 0.05) is 32.0 Å². The van der Waals surface area contributed by atoms with E-state index in [0.29, 0.717) is 18.4 Å². The summed E-state index contributed by atoms with van der Waals surface area (Å²) in [6.07, 6.45) is 1.61. The first-order chi connectivity index (χ1) is 12.0. The lowest BCUT2D eigenvalue weighted by molar-refractivity contribution is 0.368. The summed E-state index contributed by atoms with van der Waals surface area (Å²) < 4.78 is 10.5. The molecule has 0 radical (unpaired) electrons. The first-order valence-electron chi connectivity index (χ1n) is 8.72. The average molecular weight is 476 g/mol. The molecule has 2 rings (SSSR count). The summed E-state index contributed by atoms with van der Waals surface area (Å²) in [6.45, 7) is 9.56. The Morgan fingerprint density at radius 1 is 1.12 bits per heavy atom. The molecule has 0 aliphatic rings. The van der Waals surface area contributed by atoms with Crippen molar-refractivity contribution in [3.05, 3.63) is 29.2 Å². The molecule has 0 aliphatic carbocycles. The molecule has 0 atom stereocenters. The third-order valence-corrected chi connectivity index (χ3v) is 3.68. The number of guanidine groups is 1. The van der Waals surface area contributed by atoms with Gasteiger partial charge < -0.3 is 19.7 Å². The summed E-state index contributed by atoms with van der Waals surface area (Å²) >= 11 is 0. The number of hydrogen-bond donors (Lipinski definition) is 2. The van der Waals surface area contributed by atoms with Crippen molar-refractivity contribution in [3.8, 4) is 0 Å². The van der Waals surface area contributed by atoms with Gasteiger partial charge in [-0.15, -0.1) is 24.0 Å². The van der Waals surface area contributed by atoms with Gasteiger partial charge in [-0.2, -0.15) is 4.98 Å². The van der Waals surface area contributed by atoms with E-state index in [1.54, 1.807) is 7.05 Å². The molecule has 0 spiro atoms. The quantitative estimate of drug-likeness (QED) is 0.261. The first kappa shape index (κ1) is 22.4. The van der Waals surface area contributed by atoms with Gasteiger partial charge in [-0.05, 0) is 12.3 Å². The molecule has 0 saturated heterocycles. The summed E-state index contributed by atoms with van der Waals surface area (Å²) in [4.78, 5) is 8.57. The maximum absolute atomic E-state index is 5.30. The summed E-state index contributed by atoms with van der Waals surface area (Å²) in [5, 5.41) is 14.5. The Balaban J connectivity index is 0.00000338. The van der Waals surface area contributed by atoms with Crippen LogP contribution in [0.3, 0.4) is 0 Å². The van der Waals surface area contributed by atoms with Gasteiger partial charge in [0.1, 0.15) is 0 Å². The van der Waals surface area contributed by atoms with Gasteiger partial charge in [-0.3, -0.25) is 4.99 Å². The van der Waals surface area contributed by atoms with Crippen LogP contribution in [0, 0.1) is 0 Å². The number of nitrogens with zero attached hydrogens (tertiary/aromatic N) is 4. The molecule has 2 aromatic rings. The maximum atomic E-state index is 5.30. The summed E-state index contributed by atoms with van der Waals surface area (Å²) in [6, 6.07) is 1.97. The van der Waals surface area contributed by atoms with Crippen LogP contribution in [0.1, 0.15) is 69.1 Å². The summed E-state index contributed by atoms with van der Waals surface area (Å²) in [5.41, 5.74) is 0.958. The van der Waals surface area contributed by atoms with Gasteiger partial charge >= 0.3 is 0 Å². The lowest BCUT2D eigenvalue weighted by atomic mass is 10.1. The fraction of sp³-hybridized carbons (Fsp3) is 0.647. The normalized spacial score (nSPS) is 11.7. The Labute approximate surface area is 171 Å². The van der Waals surface area contributed by atoms with Gasteiger partial charge in [0.15, 0.2) is 17.5 Å². The second kappa shape index (κ2) is 11.1. The SMILES string of the molecule is CN=C(NCCCc1nc(C(C)C)no1)NCc1cc(C(C)C)no1.I. The minimum Gasteiger partial charge on any atom is -0.359 e. The zero-order valence-corrected chi connectivity index (χ0v) is 18.4. The highest BCUT2D eigenvalue weighted by atomic mass is 127. The van der Waals surface area contributed by atoms with E-state index in [2.05, 4.69) is 44.8 Å². The van der Waals surface area contributed by atoms with Crippen LogP contribution in [0.25, 0.3) is 0 Å². The highest BCUT2D eigenvalue weighted by Gasteiger charge is 2.10. The van der Waals surface area contributed by atoms with Crippen LogP contribution in [0.4, 0.5) is 0 Å². The van der Waals surface area contributed by atoms with E-state index in [4.69, 9.17) is 9.05 Å². The highest BCUT2D eigenvalue weighted by molar-refractivity contribution is 14.0. The minimum absolute atomic E-state index is 0. The minimum atomic E-state index is 0. The molecule has 146 valence electrons. The smallest absolute Gasteiger partial charge is 0.226 e. The molecule has 2 heterocycles. The fourth-order valence-electron chi connectivity index (χ4n) is 2.13. The van der Waals surface area contributed by atoms with Crippen LogP contribution in [0.2, 0.25) is 0 Å². The van der Waals surface area contributed by atoms with E-state index in [1.165, 1.54) is 0 Å². The van der Waals surface area contributed by atoms with Crippen LogP contribution in [0.5, 0.6) is 0 Å². The summed E-state index contributed by atoms with van der Waals surface area (Å²) in [7, 11) is 1.74. The molecule has 0 bridgehead atoms. The lowest BCUT2D eigenvalue weighted by Gasteiger charge is -2.09. The number of halogens is 1. The molecule has 26 heavy (non-hydrogen) atoms. The van der Waals surface area contributed by atoms with Crippen molar-refractivity contribution in [1.82, 2.24) is 25.9 Å². The number of aryl methyl sites for hydroxylation is 1. The van der Waals surface area contributed by atoms with Crippen molar-refractivity contribution in [3.63, 3.8) is 0 Å². The zero-order valence-electron chi connectivity index (χ0n) is 16.1. The van der Waals surface area contributed by atoms with Crippen LogP contribution in [-0.4, -0.2) is 34.8 Å². The zero-order chi connectivity index (χ0) is 18.2. The maximum Gasteiger partial charge on any atom is 0.226 e. The van der Waals surface area contributed by atoms with Crippen molar-refractivity contribution in [2.45, 2.75) is 58.9 Å². The van der Waals surface area contributed by atoms with E-state index in [0.717, 1.165) is 42.6 Å². The van der Waals surface area contributed by atoms with E-state index in [1.807, 2.05) is 19.9 Å². The predicted octanol–water partition coefficient (Wildman–Crippen LogP) is 3.22. The van der Waals surface area contributed by atoms with Crippen molar-refractivity contribution in [2.24, 2.45) is 4.99 Å². The van der Waals surface area contributed by atoms with Crippen molar-refractivity contribution < 1.29 is 9.05 Å². The number of hydrogen-bond acceptors (Lipinski definition) is 6. The molecule has 0 saturated carbocycles. The van der Waals surface area contributed by atoms with E-state index < -0.39 is 0 Å². The Hall–Kier alpha value is -1.65. The van der Waals surface area contributed by atoms with Gasteiger partial charge in [0.25, 0.3) is 0 Å². The molecule has 2 N–H and O–H groups in total. The predicted molar refractivity (Wildman–Crippen MR) is 111 cm³/mol. The van der Waals surface area contributed by atoms with Crippen LogP contribution in [-0.2, 0) is 13.0 Å². The average Bonchev–Trinajstić information content (AvgIpc) is 3.23. The molecular weight excluding hydrogens is 447 g/mol. The third kappa shape index (κ3) is 6.93.